The summed E-state index contributed by atoms with van der Waals surface area (Å²) in [5.74, 6) is -0.887. The van der Waals surface area contributed by atoms with Gasteiger partial charge in [-0.2, -0.15) is 0 Å². The molecule has 1 saturated heterocycles. The quantitative estimate of drug-likeness (QED) is 0.824. The van der Waals surface area contributed by atoms with Crippen molar-refractivity contribution in [1.29, 1.82) is 0 Å². The number of hydrogen-bond acceptors (Lipinski definition) is 3. The molecule has 1 unspecified atom stereocenters. The topological polar surface area (TPSA) is 57.6 Å². The standard InChI is InChI=1S/C23H27NO3/c1-15(25)18-20(21(26)23(2,3)4)24(22(18)27)19(16-11-7-5-8-12-16)17-13-9-6-10-14-17/h5-15,18-20,25H,1-4H3/t15?,18-,20+/m1/s1. The number of carbonyl (C=O) groups is 2. The van der Waals surface area contributed by atoms with E-state index in [0.29, 0.717) is 0 Å². The van der Waals surface area contributed by atoms with E-state index in [-0.39, 0.29) is 17.7 Å². The van der Waals surface area contributed by atoms with Crippen LogP contribution in [0.2, 0.25) is 0 Å². The zero-order valence-corrected chi connectivity index (χ0v) is 16.3. The van der Waals surface area contributed by atoms with Crippen molar-refractivity contribution in [2.75, 3.05) is 0 Å². The van der Waals surface area contributed by atoms with Crippen LogP contribution < -0.4 is 0 Å². The molecule has 1 aliphatic heterocycles. The normalized spacial score (nSPS) is 21.1. The summed E-state index contributed by atoms with van der Waals surface area (Å²) in [6.45, 7) is 7.16. The van der Waals surface area contributed by atoms with Gasteiger partial charge >= 0.3 is 0 Å². The molecule has 3 rings (SSSR count). The second kappa shape index (κ2) is 7.28. The highest BCUT2D eigenvalue weighted by Crippen LogP contribution is 2.43. The lowest BCUT2D eigenvalue weighted by Crippen LogP contribution is -2.69. The molecule has 1 heterocycles. The Kier molecular flexibility index (Phi) is 5.20. The lowest BCUT2D eigenvalue weighted by atomic mass is 9.72. The van der Waals surface area contributed by atoms with Crippen LogP contribution in [0.5, 0.6) is 0 Å². The average molecular weight is 365 g/mol. The molecular formula is C23H27NO3. The molecule has 0 saturated carbocycles. The van der Waals surface area contributed by atoms with Crippen LogP contribution in [0.25, 0.3) is 0 Å². The largest absolute Gasteiger partial charge is 0.392 e. The molecule has 27 heavy (non-hydrogen) atoms. The monoisotopic (exact) mass is 365 g/mol. The molecule has 1 fully saturated rings. The summed E-state index contributed by atoms with van der Waals surface area (Å²) in [5, 5.41) is 10.2. The molecule has 0 aliphatic carbocycles. The Labute approximate surface area is 160 Å². The number of carbonyl (C=O) groups excluding carboxylic acids is 2. The first kappa shape index (κ1) is 19.3. The second-order valence-corrected chi connectivity index (χ2v) is 8.29. The molecule has 1 aliphatic rings. The molecule has 142 valence electrons. The molecule has 4 nitrogen and oxygen atoms in total. The lowest BCUT2D eigenvalue weighted by Gasteiger charge is -2.52. The van der Waals surface area contributed by atoms with Crippen molar-refractivity contribution in [3.63, 3.8) is 0 Å². The van der Waals surface area contributed by atoms with Gasteiger partial charge in [0, 0.05) is 5.41 Å². The van der Waals surface area contributed by atoms with Crippen LogP contribution in [0, 0.1) is 11.3 Å². The van der Waals surface area contributed by atoms with Crippen molar-refractivity contribution in [2.45, 2.75) is 45.9 Å². The van der Waals surface area contributed by atoms with Crippen molar-refractivity contribution in [1.82, 2.24) is 4.90 Å². The molecule has 1 amide bonds. The van der Waals surface area contributed by atoms with E-state index in [9.17, 15) is 14.7 Å². The highest BCUT2D eigenvalue weighted by Gasteiger charge is 2.57. The molecule has 1 N–H and O–H groups in total. The summed E-state index contributed by atoms with van der Waals surface area (Å²) in [6, 6.07) is 18.5. The minimum atomic E-state index is -0.864. The summed E-state index contributed by atoms with van der Waals surface area (Å²) >= 11 is 0. The van der Waals surface area contributed by atoms with Crippen LogP contribution in [-0.4, -0.2) is 33.8 Å². The van der Waals surface area contributed by atoms with E-state index in [4.69, 9.17) is 0 Å². The molecule has 0 radical (unpaired) electrons. The van der Waals surface area contributed by atoms with E-state index in [1.54, 1.807) is 11.8 Å². The zero-order chi connectivity index (χ0) is 19.8. The average Bonchev–Trinajstić information content (AvgIpc) is 2.63. The van der Waals surface area contributed by atoms with Crippen molar-refractivity contribution in [2.24, 2.45) is 11.3 Å². The summed E-state index contributed by atoms with van der Waals surface area (Å²) in [6.07, 6.45) is -0.864. The van der Waals surface area contributed by atoms with Gasteiger partial charge in [-0.1, -0.05) is 81.4 Å². The molecule has 2 aromatic rings. The van der Waals surface area contributed by atoms with Crippen LogP contribution >= 0.6 is 0 Å². The van der Waals surface area contributed by atoms with E-state index in [2.05, 4.69) is 0 Å². The third-order valence-corrected chi connectivity index (χ3v) is 5.22. The van der Waals surface area contributed by atoms with E-state index >= 15 is 0 Å². The maximum atomic E-state index is 13.2. The number of β-lactam (4-membered cyclic amide) rings is 1. The number of ketones is 1. The highest BCUT2D eigenvalue weighted by molar-refractivity contribution is 6.02. The Morgan fingerprint density at radius 1 is 0.963 bits per heavy atom. The maximum Gasteiger partial charge on any atom is 0.232 e. The smallest absolute Gasteiger partial charge is 0.232 e. The first-order chi connectivity index (χ1) is 12.7. The predicted molar refractivity (Wildman–Crippen MR) is 105 cm³/mol. The van der Waals surface area contributed by atoms with Crippen LogP contribution in [0.4, 0.5) is 0 Å². The SMILES string of the molecule is CC(O)[C@H]1C(=O)N(C(c2ccccc2)c2ccccc2)[C@@H]1C(=O)C(C)(C)C. The number of benzene rings is 2. The van der Waals surface area contributed by atoms with Gasteiger partial charge in [0.1, 0.15) is 6.04 Å². The number of rotatable bonds is 5. The third kappa shape index (κ3) is 3.54. The fraction of sp³-hybridized carbons (Fsp3) is 0.391. The fourth-order valence-electron chi connectivity index (χ4n) is 3.81. The Balaban J connectivity index is 2.10. The van der Waals surface area contributed by atoms with E-state index < -0.39 is 23.5 Å². The van der Waals surface area contributed by atoms with Gasteiger partial charge in [0.05, 0.1) is 18.1 Å². The van der Waals surface area contributed by atoms with Crippen molar-refractivity contribution in [3.05, 3.63) is 71.8 Å². The molecule has 0 bridgehead atoms. The predicted octanol–water partition coefficient (Wildman–Crippen LogP) is 3.60. The summed E-state index contributed by atoms with van der Waals surface area (Å²) < 4.78 is 0. The van der Waals surface area contributed by atoms with Crippen molar-refractivity contribution < 1.29 is 14.7 Å². The Morgan fingerprint density at radius 3 is 1.78 bits per heavy atom. The molecule has 0 aromatic heterocycles. The zero-order valence-electron chi connectivity index (χ0n) is 16.3. The van der Waals surface area contributed by atoms with Gasteiger partial charge < -0.3 is 10.0 Å². The van der Waals surface area contributed by atoms with Crippen molar-refractivity contribution >= 4 is 11.7 Å². The first-order valence-electron chi connectivity index (χ1n) is 9.38. The van der Waals surface area contributed by atoms with Crippen LogP contribution in [0.15, 0.2) is 60.7 Å². The first-order valence-corrected chi connectivity index (χ1v) is 9.38. The van der Waals surface area contributed by atoms with Crippen molar-refractivity contribution in [3.8, 4) is 0 Å². The van der Waals surface area contributed by atoms with Gasteiger partial charge in [0.2, 0.25) is 5.91 Å². The Hall–Kier alpha value is -2.46. The molecular weight excluding hydrogens is 338 g/mol. The number of likely N-dealkylation sites (tertiary alicyclic amines) is 1. The molecule has 0 spiro atoms. The number of hydrogen-bond donors (Lipinski definition) is 1. The Morgan fingerprint density at radius 2 is 1.41 bits per heavy atom. The van der Waals surface area contributed by atoms with Gasteiger partial charge in [-0.05, 0) is 18.1 Å². The van der Waals surface area contributed by atoms with E-state index in [1.165, 1.54) is 0 Å². The number of aliphatic hydroxyl groups is 1. The summed E-state index contributed by atoms with van der Waals surface area (Å²) in [4.78, 5) is 27.9. The number of Topliss-reactive ketones (excluding diaryl/α,β-unsaturated/α-hetero) is 1. The Bertz CT molecular complexity index is 769. The van der Waals surface area contributed by atoms with Crippen LogP contribution in [0.3, 0.4) is 0 Å². The fourth-order valence-corrected chi connectivity index (χ4v) is 3.81. The molecule has 3 atom stereocenters. The highest BCUT2D eigenvalue weighted by atomic mass is 16.3. The third-order valence-electron chi connectivity index (χ3n) is 5.22. The van der Waals surface area contributed by atoms with Gasteiger partial charge in [-0.15, -0.1) is 0 Å². The number of nitrogens with zero attached hydrogens (tertiary/aromatic N) is 1. The second-order valence-electron chi connectivity index (χ2n) is 8.29. The number of amides is 1. The maximum absolute atomic E-state index is 13.2. The van der Waals surface area contributed by atoms with Crippen LogP contribution in [0.1, 0.15) is 44.9 Å². The summed E-state index contributed by atoms with van der Waals surface area (Å²) in [7, 11) is 0. The van der Waals surface area contributed by atoms with Gasteiger partial charge in [0.25, 0.3) is 0 Å². The van der Waals surface area contributed by atoms with Gasteiger partial charge in [0.15, 0.2) is 5.78 Å². The minimum Gasteiger partial charge on any atom is -0.392 e. The summed E-state index contributed by atoms with van der Waals surface area (Å²) in [5.41, 5.74) is 1.30. The minimum absolute atomic E-state index is 0.0233. The van der Waals surface area contributed by atoms with Gasteiger partial charge in [-0.3, -0.25) is 9.59 Å². The van der Waals surface area contributed by atoms with Gasteiger partial charge in [-0.25, -0.2) is 0 Å². The lowest BCUT2D eigenvalue weighted by molar-refractivity contribution is -0.175. The van der Waals surface area contributed by atoms with Crippen LogP contribution in [-0.2, 0) is 9.59 Å². The molecule has 4 heteroatoms. The number of aliphatic hydroxyl groups excluding tert-OH is 1. The molecule has 2 aromatic carbocycles. The van der Waals surface area contributed by atoms with E-state index in [0.717, 1.165) is 11.1 Å². The van der Waals surface area contributed by atoms with E-state index in [1.807, 2.05) is 81.4 Å².